The first-order valence-electron chi connectivity index (χ1n) is 6.89. The highest BCUT2D eigenvalue weighted by molar-refractivity contribution is 6.29. The Morgan fingerprint density at radius 1 is 1.19 bits per heavy atom. The van der Waals surface area contributed by atoms with Crippen LogP contribution < -0.4 is 10.6 Å². The first-order valence-corrected chi connectivity index (χ1v) is 7.27. The van der Waals surface area contributed by atoms with E-state index in [1.807, 2.05) is 25.1 Å². The quantitative estimate of drug-likeness (QED) is 0.817. The van der Waals surface area contributed by atoms with E-state index in [-0.39, 0.29) is 5.91 Å². The molecule has 0 aliphatic rings. The van der Waals surface area contributed by atoms with Crippen LogP contribution in [0.3, 0.4) is 0 Å². The van der Waals surface area contributed by atoms with Crippen molar-refractivity contribution < 1.29 is 4.79 Å². The fourth-order valence-corrected chi connectivity index (χ4v) is 2.14. The molecule has 0 saturated carbocycles. The Balaban J connectivity index is 2.20. The van der Waals surface area contributed by atoms with E-state index in [4.69, 9.17) is 11.6 Å². The van der Waals surface area contributed by atoms with Gasteiger partial charge in [0.15, 0.2) is 0 Å². The van der Waals surface area contributed by atoms with Crippen molar-refractivity contribution in [3.8, 4) is 0 Å². The number of nitrogens with one attached hydrogen (secondary N) is 2. The van der Waals surface area contributed by atoms with Crippen molar-refractivity contribution >= 4 is 28.9 Å². The van der Waals surface area contributed by atoms with E-state index >= 15 is 0 Å². The number of aromatic nitrogens is 1. The Hall–Kier alpha value is -2.07. The summed E-state index contributed by atoms with van der Waals surface area (Å²) in [5.74, 6) is -0.165. The Bertz CT molecular complexity index is 643. The SMILES string of the molecule is CCCNc1ccccc1C(=O)Nc1ccc(Cl)nc1C. The molecule has 0 fully saturated rings. The minimum Gasteiger partial charge on any atom is -0.384 e. The molecule has 0 atom stereocenters. The van der Waals surface area contributed by atoms with Crippen molar-refractivity contribution in [2.75, 3.05) is 17.2 Å². The number of hydrogen-bond acceptors (Lipinski definition) is 3. The van der Waals surface area contributed by atoms with Crippen molar-refractivity contribution in [1.29, 1.82) is 0 Å². The molecule has 0 aliphatic carbocycles. The molecule has 2 aromatic rings. The van der Waals surface area contributed by atoms with E-state index in [0.717, 1.165) is 18.7 Å². The third-order valence-electron chi connectivity index (χ3n) is 3.04. The predicted molar refractivity (Wildman–Crippen MR) is 87.2 cm³/mol. The van der Waals surface area contributed by atoms with Gasteiger partial charge in [0, 0.05) is 12.2 Å². The second kappa shape index (κ2) is 7.09. The summed E-state index contributed by atoms with van der Waals surface area (Å²) >= 11 is 5.82. The minimum atomic E-state index is -0.165. The van der Waals surface area contributed by atoms with E-state index in [9.17, 15) is 4.79 Å². The molecule has 2 N–H and O–H groups in total. The van der Waals surface area contributed by atoms with Crippen LogP contribution in [0.5, 0.6) is 0 Å². The molecular weight excluding hydrogens is 286 g/mol. The average Bonchev–Trinajstić information content (AvgIpc) is 2.48. The third-order valence-corrected chi connectivity index (χ3v) is 3.25. The predicted octanol–water partition coefficient (Wildman–Crippen LogP) is 4.12. The van der Waals surface area contributed by atoms with Gasteiger partial charge in [-0.1, -0.05) is 30.7 Å². The number of carbonyl (C=O) groups excluding carboxylic acids is 1. The van der Waals surface area contributed by atoms with Gasteiger partial charge in [0.1, 0.15) is 5.15 Å². The molecule has 1 heterocycles. The topological polar surface area (TPSA) is 54.0 Å². The van der Waals surface area contributed by atoms with Gasteiger partial charge in [0.2, 0.25) is 0 Å². The second-order valence-corrected chi connectivity index (χ2v) is 5.08. The number of amides is 1. The van der Waals surface area contributed by atoms with E-state index < -0.39 is 0 Å². The number of hydrogen-bond donors (Lipinski definition) is 2. The molecule has 21 heavy (non-hydrogen) atoms. The van der Waals surface area contributed by atoms with Crippen molar-refractivity contribution in [3.05, 3.63) is 52.8 Å². The molecule has 1 aromatic carbocycles. The summed E-state index contributed by atoms with van der Waals surface area (Å²) in [4.78, 5) is 16.6. The van der Waals surface area contributed by atoms with Gasteiger partial charge < -0.3 is 10.6 Å². The summed E-state index contributed by atoms with van der Waals surface area (Å²) in [7, 11) is 0. The zero-order chi connectivity index (χ0) is 15.2. The molecule has 0 spiro atoms. The first kappa shape index (κ1) is 15.3. The molecule has 4 nitrogen and oxygen atoms in total. The van der Waals surface area contributed by atoms with Crippen molar-refractivity contribution in [1.82, 2.24) is 4.98 Å². The van der Waals surface area contributed by atoms with Crippen LogP contribution in [0.1, 0.15) is 29.4 Å². The molecule has 0 radical (unpaired) electrons. The molecule has 1 aromatic heterocycles. The number of aryl methyl sites for hydroxylation is 1. The smallest absolute Gasteiger partial charge is 0.257 e. The molecule has 5 heteroatoms. The lowest BCUT2D eigenvalue weighted by Gasteiger charge is -2.12. The van der Waals surface area contributed by atoms with E-state index in [0.29, 0.717) is 22.1 Å². The highest BCUT2D eigenvalue weighted by atomic mass is 35.5. The summed E-state index contributed by atoms with van der Waals surface area (Å²) in [5, 5.41) is 6.54. The Kier molecular flexibility index (Phi) is 5.17. The Morgan fingerprint density at radius 2 is 1.95 bits per heavy atom. The van der Waals surface area contributed by atoms with Gasteiger partial charge in [-0.15, -0.1) is 0 Å². The van der Waals surface area contributed by atoms with Crippen molar-refractivity contribution in [2.24, 2.45) is 0 Å². The van der Waals surface area contributed by atoms with Gasteiger partial charge in [-0.2, -0.15) is 0 Å². The minimum absolute atomic E-state index is 0.165. The number of para-hydroxylation sites is 1. The molecule has 0 aliphatic heterocycles. The van der Waals surface area contributed by atoms with E-state index in [1.165, 1.54) is 0 Å². The van der Waals surface area contributed by atoms with Crippen LogP contribution in [-0.2, 0) is 0 Å². The second-order valence-electron chi connectivity index (χ2n) is 4.69. The van der Waals surface area contributed by atoms with Crippen LogP contribution in [0.4, 0.5) is 11.4 Å². The maximum Gasteiger partial charge on any atom is 0.257 e. The number of halogens is 1. The average molecular weight is 304 g/mol. The third kappa shape index (κ3) is 3.95. The van der Waals surface area contributed by atoms with E-state index in [1.54, 1.807) is 18.2 Å². The maximum atomic E-state index is 12.4. The molecule has 2 rings (SSSR count). The number of pyridine rings is 1. The molecule has 1 amide bonds. The Labute approximate surface area is 129 Å². The maximum absolute atomic E-state index is 12.4. The highest BCUT2D eigenvalue weighted by Crippen LogP contribution is 2.20. The highest BCUT2D eigenvalue weighted by Gasteiger charge is 2.12. The summed E-state index contributed by atoms with van der Waals surface area (Å²) in [6.07, 6.45) is 0.996. The standard InChI is InChI=1S/C16H18ClN3O/c1-3-10-18-14-7-5-4-6-12(14)16(21)20-13-8-9-15(17)19-11(13)2/h4-9,18H,3,10H2,1-2H3,(H,20,21). The fourth-order valence-electron chi connectivity index (χ4n) is 1.95. The lowest BCUT2D eigenvalue weighted by molar-refractivity contribution is 0.102. The number of benzene rings is 1. The molecule has 0 unspecified atom stereocenters. The lowest BCUT2D eigenvalue weighted by Crippen LogP contribution is -2.16. The molecule has 110 valence electrons. The van der Waals surface area contributed by atoms with Crippen LogP contribution in [0.15, 0.2) is 36.4 Å². The normalized spacial score (nSPS) is 10.2. The zero-order valence-electron chi connectivity index (χ0n) is 12.1. The van der Waals surface area contributed by atoms with Crippen LogP contribution >= 0.6 is 11.6 Å². The first-order chi connectivity index (χ1) is 10.1. The van der Waals surface area contributed by atoms with Crippen LogP contribution in [-0.4, -0.2) is 17.4 Å². The summed E-state index contributed by atoms with van der Waals surface area (Å²) in [6.45, 7) is 4.72. The zero-order valence-corrected chi connectivity index (χ0v) is 12.9. The Morgan fingerprint density at radius 3 is 2.67 bits per heavy atom. The van der Waals surface area contributed by atoms with Crippen molar-refractivity contribution in [3.63, 3.8) is 0 Å². The molecular formula is C16H18ClN3O. The van der Waals surface area contributed by atoms with Gasteiger partial charge in [-0.25, -0.2) is 4.98 Å². The van der Waals surface area contributed by atoms with Gasteiger partial charge in [-0.3, -0.25) is 4.79 Å². The number of nitrogens with zero attached hydrogens (tertiary/aromatic N) is 1. The van der Waals surface area contributed by atoms with Gasteiger partial charge in [0.25, 0.3) is 5.91 Å². The van der Waals surface area contributed by atoms with Crippen LogP contribution in [0.2, 0.25) is 5.15 Å². The summed E-state index contributed by atoms with van der Waals surface area (Å²) in [5.41, 5.74) is 2.79. The van der Waals surface area contributed by atoms with Gasteiger partial charge >= 0.3 is 0 Å². The molecule has 0 saturated heterocycles. The number of carbonyl (C=O) groups is 1. The van der Waals surface area contributed by atoms with Crippen molar-refractivity contribution in [2.45, 2.75) is 20.3 Å². The van der Waals surface area contributed by atoms with Gasteiger partial charge in [-0.05, 0) is 37.6 Å². The number of anilines is 2. The number of rotatable bonds is 5. The summed E-state index contributed by atoms with van der Waals surface area (Å²) in [6, 6.07) is 10.9. The monoisotopic (exact) mass is 303 g/mol. The fraction of sp³-hybridized carbons (Fsp3) is 0.250. The lowest BCUT2D eigenvalue weighted by atomic mass is 10.1. The molecule has 0 bridgehead atoms. The van der Waals surface area contributed by atoms with Gasteiger partial charge in [0.05, 0.1) is 16.9 Å². The van der Waals surface area contributed by atoms with E-state index in [2.05, 4.69) is 22.5 Å². The summed E-state index contributed by atoms with van der Waals surface area (Å²) < 4.78 is 0. The van der Waals surface area contributed by atoms with Crippen LogP contribution in [0, 0.1) is 6.92 Å². The largest absolute Gasteiger partial charge is 0.384 e. The van der Waals surface area contributed by atoms with Crippen LogP contribution in [0.25, 0.3) is 0 Å².